The standard InChI is InChI=1S/C22H22N2O2/c23-21(25)20-19(15-9-3-1-4-10-15)17-13-7-8-14-18(17)22(26)24(20)16-11-5-2-6-12-16/h1,3-4,7-10,13-14,16H,2,5-6,11-12H2,(H2,23,25). The van der Waals surface area contributed by atoms with Crippen molar-refractivity contribution in [3.63, 3.8) is 0 Å². The molecule has 4 heteroatoms. The molecule has 1 aliphatic rings. The van der Waals surface area contributed by atoms with Crippen LogP contribution in [0.15, 0.2) is 59.4 Å². The Hall–Kier alpha value is -2.88. The topological polar surface area (TPSA) is 65.1 Å². The zero-order chi connectivity index (χ0) is 18.1. The van der Waals surface area contributed by atoms with Gasteiger partial charge in [0.25, 0.3) is 11.5 Å². The predicted molar refractivity (Wildman–Crippen MR) is 104 cm³/mol. The summed E-state index contributed by atoms with van der Waals surface area (Å²) in [6, 6.07) is 17.3. The van der Waals surface area contributed by atoms with Gasteiger partial charge in [-0.05, 0) is 29.9 Å². The molecular weight excluding hydrogens is 324 g/mol. The van der Waals surface area contributed by atoms with Crippen molar-refractivity contribution in [2.75, 3.05) is 0 Å². The second-order valence-corrected chi connectivity index (χ2v) is 6.97. The fraction of sp³-hybridized carbons (Fsp3) is 0.273. The number of hydrogen-bond acceptors (Lipinski definition) is 2. The minimum absolute atomic E-state index is 0.0332. The monoisotopic (exact) mass is 346 g/mol. The lowest BCUT2D eigenvalue weighted by Crippen LogP contribution is -2.34. The van der Waals surface area contributed by atoms with Crippen LogP contribution in [-0.2, 0) is 0 Å². The SMILES string of the molecule is NC(=O)c1c(-c2ccccc2)c2ccccc2c(=O)n1C1CCCCC1. The zero-order valence-corrected chi connectivity index (χ0v) is 14.7. The Morgan fingerprint density at radius 2 is 1.50 bits per heavy atom. The van der Waals surface area contributed by atoms with Crippen LogP contribution in [0.1, 0.15) is 48.6 Å². The van der Waals surface area contributed by atoms with Gasteiger partial charge >= 0.3 is 0 Å². The predicted octanol–water partition coefficient (Wildman–Crippen LogP) is 4.27. The van der Waals surface area contributed by atoms with Crippen LogP contribution in [0.4, 0.5) is 0 Å². The average Bonchev–Trinajstić information content (AvgIpc) is 2.69. The quantitative estimate of drug-likeness (QED) is 0.769. The van der Waals surface area contributed by atoms with E-state index in [1.165, 1.54) is 6.42 Å². The number of nitrogens with zero attached hydrogens (tertiary/aromatic N) is 1. The van der Waals surface area contributed by atoms with Crippen LogP contribution in [0, 0.1) is 0 Å². The number of amides is 1. The van der Waals surface area contributed by atoms with Crippen LogP contribution in [-0.4, -0.2) is 10.5 Å². The zero-order valence-electron chi connectivity index (χ0n) is 14.7. The number of fused-ring (bicyclic) bond motifs is 1. The molecule has 1 heterocycles. The van der Waals surface area contributed by atoms with E-state index in [1.807, 2.05) is 54.6 Å². The molecule has 4 nitrogen and oxygen atoms in total. The van der Waals surface area contributed by atoms with E-state index in [0.29, 0.717) is 11.1 Å². The fourth-order valence-corrected chi connectivity index (χ4v) is 4.19. The maximum absolute atomic E-state index is 13.3. The van der Waals surface area contributed by atoms with E-state index < -0.39 is 5.91 Å². The first-order chi connectivity index (χ1) is 12.7. The van der Waals surface area contributed by atoms with Crippen LogP contribution in [0.3, 0.4) is 0 Å². The summed E-state index contributed by atoms with van der Waals surface area (Å²) in [4.78, 5) is 25.8. The van der Waals surface area contributed by atoms with Crippen molar-refractivity contribution in [1.29, 1.82) is 0 Å². The van der Waals surface area contributed by atoms with Gasteiger partial charge < -0.3 is 5.73 Å². The number of hydrogen-bond donors (Lipinski definition) is 1. The Balaban J connectivity index is 2.14. The van der Waals surface area contributed by atoms with Crippen LogP contribution in [0.25, 0.3) is 21.9 Å². The van der Waals surface area contributed by atoms with E-state index in [2.05, 4.69) is 0 Å². The highest BCUT2D eigenvalue weighted by atomic mass is 16.2. The molecule has 1 aliphatic carbocycles. The minimum atomic E-state index is -0.544. The van der Waals surface area contributed by atoms with Crippen molar-refractivity contribution >= 4 is 16.7 Å². The number of aromatic nitrogens is 1. The number of benzene rings is 2. The lowest BCUT2D eigenvalue weighted by Gasteiger charge is -2.28. The van der Waals surface area contributed by atoms with Crippen LogP contribution in [0.2, 0.25) is 0 Å². The lowest BCUT2D eigenvalue weighted by atomic mass is 9.92. The van der Waals surface area contributed by atoms with Gasteiger partial charge in [-0.1, -0.05) is 67.8 Å². The van der Waals surface area contributed by atoms with Crippen molar-refractivity contribution in [3.8, 4) is 11.1 Å². The van der Waals surface area contributed by atoms with Gasteiger partial charge in [0.05, 0.1) is 0 Å². The number of pyridine rings is 1. The Kier molecular flexibility index (Phi) is 4.33. The molecule has 2 aromatic carbocycles. The van der Waals surface area contributed by atoms with Crippen LogP contribution < -0.4 is 11.3 Å². The molecule has 0 spiro atoms. The summed E-state index contributed by atoms with van der Waals surface area (Å²) < 4.78 is 1.69. The van der Waals surface area contributed by atoms with Gasteiger partial charge in [0, 0.05) is 17.0 Å². The molecule has 1 aromatic heterocycles. The number of carbonyl (C=O) groups excluding carboxylic acids is 1. The lowest BCUT2D eigenvalue weighted by molar-refractivity contribution is 0.0987. The van der Waals surface area contributed by atoms with Gasteiger partial charge in [0.15, 0.2) is 0 Å². The summed E-state index contributed by atoms with van der Waals surface area (Å²) in [5, 5.41) is 1.42. The maximum atomic E-state index is 13.3. The molecule has 1 amide bonds. The average molecular weight is 346 g/mol. The summed E-state index contributed by atoms with van der Waals surface area (Å²) in [5.74, 6) is -0.544. The third-order valence-corrected chi connectivity index (χ3v) is 5.36. The van der Waals surface area contributed by atoms with E-state index in [4.69, 9.17) is 5.73 Å². The van der Waals surface area contributed by atoms with E-state index in [-0.39, 0.29) is 11.6 Å². The van der Waals surface area contributed by atoms with Gasteiger partial charge in [-0.15, -0.1) is 0 Å². The first-order valence-electron chi connectivity index (χ1n) is 9.21. The Morgan fingerprint density at radius 3 is 2.15 bits per heavy atom. The fourth-order valence-electron chi connectivity index (χ4n) is 4.19. The molecule has 0 aliphatic heterocycles. The summed E-state index contributed by atoms with van der Waals surface area (Å²) in [6.07, 6.45) is 5.14. The molecule has 0 unspecified atom stereocenters. The molecule has 4 rings (SSSR count). The van der Waals surface area contributed by atoms with Gasteiger partial charge in [0.2, 0.25) is 0 Å². The molecule has 132 valence electrons. The largest absolute Gasteiger partial charge is 0.364 e. The van der Waals surface area contributed by atoms with E-state index >= 15 is 0 Å². The van der Waals surface area contributed by atoms with Crippen molar-refractivity contribution in [3.05, 3.63) is 70.6 Å². The van der Waals surface area contributed by atoms with Crippen molar-refractivity contribution in [2.24, 2.45) is 5.73 Å². The molecule has 0 saturated heterocycles. The maximum Gasteiger partial charge on any atom is 0.266 e. The number of rotatable bonds is 3. The Morgan fingerprint density at radius 1 is 0.885 bits per heavy atom. The molecule has 0 bridgehead atoms. The Bertz CT molecular complexity index is 1020. The molecule has 26 heavy (non-hydrogen) atoms. The number of primary amides is 1. The second kappa shape index (κ2) is 6.79. The molecular formula is C22H22N2O2. The summed E-state index contributed by atoms with van der Waals surface area (Å²) in [6.45, 7) is 0. The number of nitrogens with two attached hydrogens (primary N) is 1. The van der Waals surface area contributed by atoms with Crippen LogP contribution >= 0.6 is 0 Å². The first kappa shape index (κ1) is 16.6. The molecule has 2 N–H and O–H groups in total. The smallest absolute Gasteiger partial charge is 0.266 e. The normalized spacial score (nSPS) is 15.2. The summed E-state index contributed by atoms with van der Waals surface area (Å²) in [7, 11) is 0. The molecule has 0 radical (unpaired) electrons. The van der Waals surface area contributed by atoms with Gasteiger partial charge in [-0.2, -0.15) is 0 Å². The summed E-state index contributed by atoms with van der Waals surface area (Å²) in [5.41, 5.74) is 7.72. The highest BCUT2D eigenvalue weighted by Crippen LogP contribution is 2.35. The number of carbonyl (C=O) groups is 1. The molecule has 1 saturated carbocycles. The van der Waals surface area contributed by atoms with Crippen molar-refractivity contribution in [2.45, 2.75) is 38.1 Å². The highest BCUT2D eigenvalue weighted by Gasteiger charge is 2.26. The van der Waals surface area contributed by atoms with Crippen molar-refractivity contribution in [1.82, 2.24) is 4.57 Å². The molecule has 0 atom stereocenters. The first-order valence-corrected chi connectivity index (χ1v) is 9.21. The van der Waals surface area contributed by atoms with Crippen molar-refractivity contribution < 1.29 is 4.79 Å². The molecule has 3 aromatic rings. The Labute approximate surface area is 152 Å². The summed E-state index contributed by atoms with van der Waals surface area (Å²) >= 11 is 0. The third kappa shape index (κ3) is 2.71. The van der Waals surface area contributed by atoms with Crippen LogP contribution in [0.5, 0.6) is 0 Å². The van der Waals surface area contributed by atoms with Gasteiger partial charge in [-0.3, -0.25) is 14.2 Å². The second-order valence-electron chi connectivity index (χ2n) is 6.97. The minimum Gasteiger partial charge on any atom is -0.364 e. The third-order valence-electron chi connectivity index (χ3n) is 5.36. The highest BCUT2D eigenvalue weighted by molar-refractivity contribution is 6.07. The van der Waals surface area contributed by atoms with Gasteiger partial charge in [0.1, 0.15) is 5.69 Å². The van der Waals surface area contributed by atoms with Gasteiger partial charge in [-0.25, -0.2) is 0 Å². The van der Waals surface area contributed by atoms with E-state index in [9.17, 15) is 9.59 Å². The van der Waals surface area contributed by atoms with E-state index in [1.54, 1.807) is 4.57 Å². The van der Waals surface area contributed by atoms with E-state index in [0.717, 1.165) is 42.2 Å². The molecule has 1 fully saturated rings.